The maximum absolute atomic E-state index is 5.81. The Morgan fingerprint density at radius 1 is 1.41 bits per heavy atom. The van der Waals surface area contributed by atoms with Crippen molar-refractivity contribution < 1.29 is 9.15 Å². The minimum absolute atomic E-state index is 0.0560. The second-order valence-corrected chi connectivity index (χ2v) is 4.37. The lowest BCUT2D eigenvalue weighted by atomic mass is 10.3. The van der Waals surface area contributed by atoms with Crippen LogP contribution in [-0.2, 0) is 4.74 Å². The minimum atomic E-state index is 0.0560. The third-order valence-corrected chi connectivity index (χ3v) is 3.21. The Kier molecular flexibility index (Phi) is 2.91. The van der Waals surface area contributed by atoms with Crippen LogP contribution in [0.25, 0.3) is 11.1 Å². The molecule has 2 aromatic rings. The number of anilines is 1. The normalized spacial score (nSPS) is 21.0. The molecule has 1 atom stereocenters. The first-order valence-corrected chi connectivity index (χ1v) is 6.18. The van der Waals surface area contributed by atoms with Crippen LogP contribution in [0.15, 0.2) is 28.7 Å². The summed E-state index contributed by atoms with van der Waals surface area (Å²) in [5.74, 6) is 0.497. The van der Waals surface area contributed by atoms with E-state index < -0.39 is 0 Å². The van der Waals surface area contributed by atoms with E-state index in [0.29, 0.717) is 18.5 Å². The molecule has 0 amide bonds. The molecule has 1 aliphatic rings. The number of fused-ring (bicyclic) bond motifs is 1. The molecule has 1 saturated heterocycles. The Balaban J connectivity index is 1.87. The Morgan fingerprint density at radius 2 is 2.29 bits per heavy atom. The largest absolute Gasteiger partial charge is 0.423 e. The van der Waals surface area contributed by atoms with Gasteiger partial charge in [-0.15, -0.1) is 11.6 Å². The van der Waals surface area contributed by atoms with Crippen LogP contribution in [0.4, 0.5) is 6.01 Å². The van der Waals surface area contributed by atoms with E-state index in [4.69, 9.17) is 20.8 Å². The summed E-state index contributed by atoms with van der Waals surface area (Å²) in [6, 6.07) is 8.42. The molecule has 0 saturated carbocycles. The molecule has 1 fully saturated rings. The van der Waals surface area contributed by atoms with E-state index in [9.17, 15) is 0 Å². The summed E-state index contributed by atoms with van der Waals surface area (Å²) in [6.45, 7) is 2.19. The number of ether oxygens (including phenoxy) is 1. The summed E-state index contributed by atoms with van der Waals surface area (Å²) in [5, 5.41) is 0. The molecule has 1 aromatic carbocycles. The van der Waals surface area contributed by atoms with E-state index in [1.807, 2.05) is 24.3 Å². The van der Waals surface area contributed by atoms with E-state index in [-0.39, 0.29) is 6.10 Å². The van der Waals surface area contributed by atoms with Crippen LogP contribution < -0.4 is 4.90 Å². The minimum Gasteiger partial charge on any atom is -0.423 e. The van der Waals surface area contributed by atoms with Crippen LogP contribution in [0.5, 0.6) is 0 Å². The van der Waals surface area contributed by atoms with Gasteiger partial charge < -0.3 is 14.1 Å². The van der Waals surface area contributed by atoms with Crippen molar-refractivity contribution in [2.75, 3.05) is 30.5 Å². The number of morpholine rings is 1. The fourth-order valence-electron chi connectivity index (χ4n) is 1.98. The number of alkyl halides is 1. The van der Waals surface area contributed by atoms with Gasteiger partial charge in [0.15, 0.2) is 5.58 Å². The summed E-state index contributed by atoms with van der Waals surface area (Å²) in [5.41, 5.74) is 1.70. The predicted octanol–water partition coefficient (Wildman–Crippen LogP) is 2.27. The SMILES string of the molecule is ClCC1CN(c2nc3ccccc3o2)CCO1. The molecule has 17 heavy (non-hydrogen) atoms. The standard InChI is InChI=1S/C12H13ClN2O2/c13-7-9-8-15(5-6-16-9)12-14-10-3-1-2-4-11(10)17-12/h1-4,9H,5-8H2. The lowest BCUT2D eigenvalue weighted by Crippen LogP contribution is -2.43. The molecule has 5 heteroatoms. The zero-order valence-electron chi connectivity index (χ0n) is 9.30. The van der Waals surface area contributed by atoms with E-state index in [1.54, 1.807) is 0 Å². The van der Waals surface area contributed by atoms with Gasteiger partial charge in [0.2, 0.25) is 0 Å². The molecule has 3 rings (SSSR count). The number of nitrogens with zero attached hydrogens (tertiary/aromatic N) is 2. The van der Waals surface area contributed by atoms with Crippen molar-refractivity contribution in [3.8, 4) is 0 Å². The zero-order chi connectivity index (χ0) is 11.7. The number of halogens is 1. The zero-order valence-corrected chi connectivity index (χ0v) is 10.1. The number of benzene rings is 1. The molecular weight excluding hydrogens is 240 g/mol. The highest BCUT2D eigenvalue weighted by Crippen LogP contribution is 2.23. The fraction of sp³-hybridized carbons (Fsp3) is 0.417. The quantitative estimate of drug-likeness (QED) is 0.769. The number of hydrogen-bond acceptors (Lipinski definition) is 4. The maximum atomic E-state index is 5.81. The number of hydrogen-bond donors (Lipinski definition) is 0. The van der Waals surface area contributed by atoms with Gasteiger partial charge in [-0.3, -0.25) is 0 Å². The Hall–Kier alpha value is -1.26. The van der Waals surface area contributed by atoms with Crippen molar-refractivity contribution in [3.63, 3.8) is 0 Å². The fourth-order valence-corrected chi connectivity index (χ4v) is 2.17. The van der Waals surface area contributed by atoms with Crippen LogP contribution in [-0.4, -0.2) is 36.7 Å². The second-order valence-electron chi connectivity index (χ2n) is 4.06. The van der Waals surface area contributed by atoms with Gasteiger partial charge in [-0.05, 0) is 12.1 Å². The van der Waals surface area contributed by atoms with Crippen molar-refractivity contribution in [1.29, 1.82) is 0 Å². The van der Waals surface area contributed by atoms with Gasteiger partial charge >= 0.3 is 0 Å². The van der Waals surface area contributed by atoms with Crippen LogP contribution in [0.2, 0.25) is 0 Å². The maximum Gasteiger partial charge on any atom is 0.298 e. The van der Waals surface area contributed by atoms with Crippen LogP contribution >= 0.6 is 11.6 Å². The van der Waals surface area contributed by atoms with Gasteiger partial charge in [0.05, 0.1) is 18.6 Å². The van der Waals surface area contributed by atoms with Gasteiger partial charge in [0.25, 0.3) is 6.01 Å². The number of rotatable bonds is 2. The molecule has 0 radical (unpaired) electrons. The van der Waals surface area contributed by atoms with Gasteiger partial charge in [-0.2, -0.15) is 4.98 Å². The summed E-state index contributed by atoms with van der Waals surface area (Å²) >= 11 is 5.81. The summed E-state index contributed by atoms with van der Waals surface area (Å²) in [7, 11) is 0. The van der Waals surface area contributed by atoms with Gasteiger partial charge in [0, 0.05) is 13.1 Å². The van der Waals surface area contributed by atoms with E-state index in [0.717, 1.165) is 24.2 Å². The van der Waals surface area contributed by atoms with Gasteiger partial charge in [0.1, 0.15) is 5.52 Å². The molecule has 4 nitrogen and oxygen atoms in total. The lowest BCUT2D eigenvalue weighted by Gasteiger charge is -2.30. The van der Waals surface area contributed by atoms with E-state index in [1.165, 1.54) is 0 Å². The van der Waals surface area contributed by atoms with Crippen LogP contribution in [0.1, 0.15) is 0 Å². The molecule has 1 aliphatic heterocycles. The third-order valence-electron chi connectivity index (χ3n) is 2.86. The molecular formula is C12H13ClN2O2. The Morgan fingerprint density at radius 3 is 3.12 bits per heavy atom. The summed E-state index contributed by atoms with van der Waals surface area (Å²) in [4.78, 5) is 6.55. The molecule has 0 N–H and O–H groups in total. The smallest absolute Gasteiger partial charge is 0.298 e. The van der Waals surface area contributed by atoms with Gasteiger partial charge in [-0.1, -0.05) is 12.1 Å². The predicted molar refractivity (Wildman–Crippen MR) is 66.7 cm³/mol. The second kappa shape index (κ2) is 4.55. The first-order chi connectivity index (χ1) is 8.36. The van der Waals surface area contributed by atoms with Crippen molar-refractivity contribution in [3.05, 3.63) is 24.3 Å². The van der Waals surface area contributed by atoms with Crippen molar-refractivity contribution >= 4 is 28.7 Å². The van der Waals surface area contributed by atoms with Crippen molar-refractivity contribution in [1.82, 2.24) is 4.98 Å². The summed E-state index contributed by atoms with van der Waals surface area (Å²) < 4.78 is 11.2. The van der Waals surface area contributed by atoms with Crippen molar-refractivity contribution in [2.24, 2.45) is 0 Å². The number of para-hydroxylation sites is 2. The Labute approximate surface area is 104 Å². The number of aromatic nitrogens is 1. The first kappa shape index (κ1) is 10.9. The average Bonchev–Trinajstić information content (AvgIpc) is 2.82. The monoisotopic (exact) mass is 252 g/mol. The van der Waals surface area contributed by atoms with Gasteiger partial charge in [-0.25, -0.2) is 0 Å². The number of oxazole rings is 1. The molecule has 1 unspecified atom stereocenters. The van der Waals surface area contributed by atoms with E-state index >= 15 is 0 Å². The topological polar surface area (TPSA) is 38.5 Å². The van der Waals surface area contributed by atoms with Crippen LogP contribution in [0.3, 0.4) is 0 Å². The molecule has 0 bridgehead atoms. The van der Waals surface area contributed by atoms with Crippen LogP contribution in [0, 0.1) is 0 Å². The lowest BCUT2D eigenvalue weighted by molar-refractivity contribution is 0.0537. The molecule has 2 heterocycles. The highest BCUT2D eigenvalue weighted by atomic mass is 35.5. The van der Waals surface area contributed by atoms with E-state index in [2.05, 4.69) is 9.88 Å². The first-order valence-electron chi connectivity index (χ1n) is 5.65. The Bertz CT molecular complexity index is 481. The third kappa shape index (κ3) is 2.10. The molecule has 1 aromatic heterocycles. The summed E-state index contributed by atoms with van der Waals surface area (Å²) in [6.07, 6.45) is 0.0560. The van der Waals surface area contributed by atoms with Crippen molar-refractivity contribution in [2.45, 2.75) is 6.10 Å². The molecule has 0 spiro atoms. The highest BCUT2D eigenvalue weighted by molar-refractivity contribution is 6.18. The highest BCUT2D eigenvalue weighted by Gasteiger charge is 2.23. The molecule has 0 aliphatic carbocycles. The molecule has 90 valence electrons. The average molecular weight is 253 g/mol.